The van der Waals surface area contributed by atoms with Crippen molar-refractivity contribution in [2.75, 3.05) is 13.2 Å². The number of benzene rings is 4. The van der Waals surface area contributed by atoms with Gasteiger partial charge in [0.25, 0.3) is 0 Å². The zero-order valence-electron chi connectivity index (χ0n) is 20.3. The van der Waals surface area contributed by atoms with E-state index in [0.717, 1.165) is 43.1 Å². The van der Waals surface area contributed by atoms with Crippen LogP contribution in [0.4, 0.5) is 0 Å². The van der Waals surface area contributed by atoms with Crippen molar-refractivity contribution < 1.29 is 19.1 Å². The van der Waals surface area contributed by atoms with E-state index in [1.807, 2.05) is 54.6 Å². The number of hydrogen-bond donors (Lipinski definition) is 0. The molecule has 0 radical (unpaired) electrons. The van der Waals surface area contributed by atoms with Gasteiger partial charge in [0.1, 0.15) is 0 Å². The van der Waals surface area contributed by atoms with E-state index in [1.54, 1.807) is 13.8 Å². The molecule has 182 valence electrons. The average Bonchev–Trinajstić information content (AvgIpc) is 2.89. The minimum atomic E-state index is -1.58. The summed E-state index contributed by atoms with van der Waals surface area (Å²) in [5, 5.41) is 2.07. The van der Waals surface area contributed by atoms with Crippen molar-refractivity contribution in [2.24, 2.45) is 0 Å². The van der Waals surface area contributed by atoms with Gasteiger partial charge >= 0.3 is 11.9 Å². The Balaban J connectivity index is 1.88. The molecular formula is C31H27BrO4. The van der Waals surface area contributed by atoms with E-state index in [2.05, 4.69) is 40.2 Å². The second-order valence-electron chi connectivity index (χ2n) is 8.98. The third kappa shape index (κ3) is 4.01. The summed E-state index contributed by atoms with van der Waals surface area (Å²) in [5.41, 5.74) is 4.18. The number of carbonyl (C=O) groups is 2. The maximum absolute atomic E-state index is 13.7. The third-order valence-electron chi connectivity index (χ3n) is 6.90. The Morgan fingerprint density at radius 3 is 2.19 bits per heavy atom. The van der Waals surface area contributed by atoms with E-state index in [1.165, 1.54) is 0 Å². The normalized spacial score (nSPS) is 13.5. The lowest BCUT2D eigenvalue weighted by atomic mass is 9.65. The zero-order chi connectivity index (χ0) is 25.3. The van der Waals surface area contributed by atoms with Gasteiger partial charge in [-0.2, -0.15) is 0 Å². The maximum Gasteiger partial charge on any atom is 0.328 e. The van der Waals surface area contributed by atoms with E-state index in [0.29, 0.717) is 12.0 Å². The fraction of sp³-hybridized carbons (Fsp3) is 0.226. The summed E-state index contributed by atoms with van der Waals surface area (Å²) in [6, 6.07) is 26.4. The van der Waals surface area contributed by atoms with Crippen molar-refractivity contribution in [3.05, 3.63) is 106 Å². The number of esters is 2. The standard InChI is InChI=1S/C31H27BrO4/c1-3-35-29(33)31(30(34)36-4-2)19-22-10-6-8-12-25(22)28-26(17-20-13-15-23(32)16-14-20)24-11-7-5-9-21(24)18-27(28)31/h5-16,18H,3-4,17,19H2,1-2H3. The summed E-state index contributed by atoms with van der Waals surface area (Å²) < 4.78 is 12.1. The quantitative estimate of drug-likeness (QED) is 0.199. The van der Waals surface area contributed by atoms with Gasteiger partial charge in [-0.25, -0.2) is 0 Å². The highest BCUT2D eigenvalue weighted by molar-refractivity contribution is 9.10. The van der Waals surface area contributed by atoms with Gasteiger partial charge < -0.3 is 9.47 Å². The molecule has 4 aromatic carbocycles. The van der Waals surface area contributed by atoms with Crippen LogP contribution in [0.5, 0.6) is 0 Å². The van der Waals surface area contributed by atoms with Crippen LogP contribution in [0, 0.1) is 0 Å². The Labute approximate surface area is 219 Å². The SMILES string of the molecule is CCOC(=O)C1(C(=O)OCC)Cc2ccccc2-c2c1cc1ccccc1c2Cc1ccc(Br)cc1. The predicted molar refractivity (Wildman–Crippen MR) is 145 cm³/mol. The van der Waals surface area contributed by atoms with Crippen molar-refractivity contribution in [2.45, 2.75) is 32.1 Å². The first-order chi connectivity index (χ1) is 17.5. The first kappa shape index (κ1) is 24.3. The number of carbonyl (C=O) groups excluding carboxylic acids is 2. The number of ether oxygens (including phenoxy) is 2. The van der Waals surface area contributed by atoms with Crippen molar-refractivity contribution in [3.63, 3.8) is 0 Å². The molecule has 1 aliphatic rings. The molecule has 0 N–H and O–H groups in total. The highest BCUT2D eigenvalue weighted by Gasteiger charge is 2.54. The molecule has 0 aromatic heterocycles. The molecular weight excluding hydrogens is 516 g/mol. The first-order valence-corrected chi connectivity index (χ1v) is 13.0. The highest BCUT2D eigenvalue weighted by atomic mass is 79.9. The number of halogens is 1. The van der Waals surface area contributed by atoms with Crippen molar-refractivity contribution in [3.8, 4) is 11.1 Å². The van der Waals surface area contributed by atoms with Crippen LogP contribution in [-0.2, 0) is 37.3 Å². The van der Waals surface area contributed by atoms with Crippen LogP contribution in [0.1, 0.15) is 36.1 Å². The molecule has 0 unspecified atom stereocenters. The topological polar surface area (TPSA) is 52.6 Å². The van der Waals surface area contributed by atoms with E-state index in [4.69, 9.17) is 9.47 Å². The molecule has 0 fully saturated rings. The fourth-order valence-electron chi connectivity index (χ4n) is 5.31. The molecule has 5 heteroatoms. The lowest BCUT2D eigenvalue weighted by Gasteiger charge is -2.37. The van der Waals surface area contributed by atoms with Crippen LogP contribution in [-0.4, -0.2) is 25.2 Å². The minimum Gasteiger partial charge on any atom is -0.465 e. The van der Waals surface area contributed by atoms with Crippen LogP contribution >= 0.6 is 15.9 Å². The Kier molecular flexibility index (Phi) is 6.67. The molecule has 0 heterocycles. The molecule has 0 saturated carbocycles. The molecule has 4 nitrogen and oxygen atoms in total. The summed E-state index contributed by atoms with van der Waals surface area (Å²) in [5.74, 6) is -1.13. The molecule has 0 bridgehead atoms. The Hall–Kier alpha value is -3.44. The second-order valence-corrected chi connectivity index (χ2v) is 9.90. The first-order valence-electron chi connectivity index (χ1n) is 12.2. The van der Waals surface area contributed by atoms with E-state index < -0.39 is 17.4 Å². The minimum absolute atomic E-state index is 0.177. The van der Waals surface area contributed by atoms with Crippen LogP contribution in [0.15, 0.2) is 83.3 Å². The Morgan fingerprint density at radius 1 is 0.861 bits per heavy atom. The van der Waals surface area contributed by atoms with Crippen molar-refractivity contribution in [1.29, 1.82) is 0 Å². The highest BCUT2D eigenvalue weighted by Crippen LogP contribution is 2.49. The second kappa shape index (κ2) is 9.90. The molecule has 0 amide bonds. The van der Waals surface area contributed by atoms with E-state index in [9.17, 15) is 9.59 Å². The number of rotatable bonds is 6. The van der Waals surface area contributed by atoms with Crippen LogP contribution < -0.4 is 0 Å². The molecule has 0 saturated heterocycles. The Bertz CT molecular complexity index is 1440. The van der Waals surface area contributed by atoms with Gasteiger partial charge in [-0.1, -0.05) is 76.6 Å². The molecule has 36 heavy (non-hydrogen) atoms. The van der Waals surface area contributed by atoms with Gasteiger partial charge in [0.15, 0.2) is 5.41 Å². The van der Waals surface area contributed by atoms with Gasteiger partial charge in [-0.05, 0) is 82.6 Å². The van der Waals surface area contributed by atoms with Gasteiger partial charge in [0.2, 0.25) is 0 Å². The number of fused-ring (bicyclic) bond motifs is 4. The van der Waals surface area contributed by atoms with Gasteiger partial charge in [-0.3, -0.25) is 9.59 Å². The summed E-state index contributed by atoms with van der Waals surface area (Å²) >= 11 is 3.53. The van der Waals surface area contributed by atoms with Crippen LogP contribution in [0.3, 0.4) is 0 Å². The predicted octanol–water partition coefficient (Wildman–Crippen LogP) is 6.78. The van der Waals surface area contributed by atoms with E-state index >= 15 is 0 Å². The lowest BCUT2D eigenvalue weighted by molar-refractivity contribution is -0.165. The summed E-state index contributed by atoms with van der Waals surface area (Å²) in [7, 11) is 0. The summed E-state index contributed by atoms with van der Waals surface area (Å²) in [6.07, 6.45) is 0.844. The van der Waals surface area contributed by atoms with Crippen LogP contribution in [0.2, 0.25) is 0 Å². The third-order valence-corrected chi connectivity index (χ3v) is 7.43. The van der Waals surface area contributed by atoms with Gasteiger partial charge in [0, 0.05) is 10.9 Å². The van der Waals surface area contributed by atoms with E-state index in [-0.39, 0.29) is 19.6 Å². The average molecular weight is 543 g/mol. The fourth-order valence-corrected chi connectivity index (χ4v) is 5.58. The molecule has 0 spiro atoms. The zero-order valence-corrected chi connectivity index (χ0v) is 21.9. The van der Waals surface area contributed by atoms with Crippen molar-refractivity contribution in [1.82, 2.24) is 0 Å². The number of hydrogen-bond acceptors (Lipinski definition) is 4. The maximum atomic E-state index is 13.7. The summed E-state index contributed by atoms with van der Waals surface area (Å²) in [6.45, 7) is 3.87. The molecule has 0 aliphatic heterocycles. The summed E-state index contributed by atoms with van der Waals surface area (Å²) in [4.78, 5) is 27.4. The van der Waals surface area contributed by atoms with Gasteiger partial charge in [-0.15, -0.1) is 0 Å². The lowest BCUT2D eigenvalue weighted by Crippen LogP contribution is -2.50. The largest absolute Gasteiger partial charge is 0.465 e. The Morgan fingerprint density at radius 2 is 1.50 bits per heavy atom. The van der Waals surface area contributed by atoms with Gasteiger partial charge in [0.05, 0.1) is 13.2 Å². The van der Waals surface area contributed by atoms with Crippen LogP contribution in [0.25, 0.3) is 21.9 Å². The van der Waals surface area contributed by atoms with Crippen molar-refractivity contribution >= 4 is 38.6 Å². The monoisotopic (exact) mass is 542 g/mol. The smallest absolute Gasteiger partial charge is 0.328 e. The molecule has 4 aromatic rings. The molecule has 5 rings (SSSR count). The molecule has 0 atom stereocenters. The molecule has 1 aliphatic carbocycles.